The van der Waals surface area contributed by atoms with E-state index in [1.165, 1.54) is 0 Å². The molecule has 1 aliphatic carbocycles. The summed E-state index contributed by atoms with van der Waals surface area (Å²) in [4.78, 5) is 35.6. The summed E-state index contributed by atoms with van der Waals surface area (Å²) in [5, 5.41) is 0. The molecule has 34 heavy (non-hydrogen) atoms. The van der Waals surface area contributed by atoms with Gasteiger partial charge in [0, 0.05) is 25.1 Å². The number of rotatable bonds is 4. The Hall–Kier alpha value is -3.63. The Morgan fingerprint density at radius 1 is 1.06 bits per heavy atom. The summed E-state index contributed by atoms with van der Waals surface area (Å²) in [5.41, 5.74) is 0.568. The van der Waals surface area contributed by atoms with Crippen LogP contribution in [0.1, 0.15) is 40.9 Å². The summed E-state index contributed by atoms with van der Waals surface area (Å²) < 4.78 is 44.3. The van der Waals surface area contributed by atoms with Crippen molar-refractivity contribution >= 4 is 5.91 Å². The highest BCUT2D eigenvalue weighted by atomic mass is 19.4. The van der Waals surface area contributed by atoms with Gasteiger partial charge in [-0.3, -0.25) is 9.78 Å². The number of amides is 1. The minimum atomic E-state index is -4.57. The maximum Gasteiger partial charge on any atom is 0.434 e. The second-order valence-electron chi connectivity index (χ2n) is 8.58. The monoisotopic (exact) mass is 470 g/mol. The number of aryl methyl sites for hydroxylation is 1. The van der Waals surface area contributed by atoms with Gasteiger partial charge in [-0.25, -0.2) is 19.9 Å². The molecule has 2 bridgehead atoms. The zero-order valence-electron chi connectivity index (χ0n) is 18.2. The summed E-state index contributed by atoms with van der Waals surface area (Å²) in [5.74, 6) is 0.394. The summed E-state index contributed by atoms with van der Waals surface area (Å²) in [6, 6.07) is 3.22. The van der Waals surface area contributed by atoms with Crippen LogP contribution in [-0.4, -0.2) is 54.4 Å². The van der Waals surface area contributed by atoms with Crippen molar-refractivity contribution < 1.29 is 22.7 Å². The van der Waals surface area contributed by atoms with Crippen molar-refractivity contribution in [2.24, 2.45) is 5.92 Å². The fraction of sp³-hybridized carbons (Fsp3) is 0.391. The molecule has 0 N–H and O–H groups in total. The fourth-order valence-electron chi connectivity index (χ4n) is 4.66. The first-order valence-corrected chi connectivity index (χ1v) is 10.9. The maximum absolute atomic E-state index is 13.7. The molecule has 2 saturated heterocycles. The van der Waals surface area contributed by atoms with Gasteiger partial charge in [0.1, 0.15) is 11.8 Å². The summed E-state index contributed by atoms with van der Waals surface area (Å²) in [7, 11) is 0. The molecule has 8 nitrogen and oxygen atoms in total. The highest BCUT2D eigenvalue weighted by Crippen LogP contribution is 2.38. The van der Waals surface area contributed by atoms with Gasteiger partial charge in [-0.2, -0.15) is 13.2 Å². The van der Waals surface area contributed by atoms with Crippen molar-refractivity contribution in [3.8, 4) is 17.4 Å². The van der Waals surface area contributed by atoms with Gasteiger partial charge in [-0.05, 0) is 49.8 Å². The van der Waals surface area contributed by atoms with Gasteiger partial charge < -0.3 is 9.64 Å². The highest BCUT2D eigenvalue weighted by molar-refractivity contribution is 5.99. The fourth-order valence-corrected chi connectivity index (χ4v) is 4.66. The van der Waals surface area contributed by atoms with E-state index in [9.17, 15) is 18.0 Å². The van der Waals surface area contributed by atoms with Crippen LogP contribution in [0, 0.1) is 12.8 Å². The average molecular weight is 470 g/mol. The van der Waals surface area contributed by atoms with Gasteiger partial charge in [0.05, 0.1) is 24.0 Å². The van der Waals surface area contributed by atoms with Crippen molar-refractivity contribution in [1.82, 2.24) is 29.8 Å². The highest BCUT2D eigenvalue weighted by Gasteiger charge is 2.45. The standard InChI is InChI=1S/C23H21F3N6O2/c1-13-7-15(20(31-9-13)21-27-5-2-6-28-21)22(33)32-12-14-3-4-16(32)17(8-14)34-19-11-29-18(10-30-19)23(24,25)26/h2,5-7,9-11,14,16-17H,3-4,8,12H2,1H3/t14-,16-,17+/m0/s1. The number of ether oxygens (including phenoxy) is 1. The first kappa shape index (κ1) is 22.2. The largest absolute Gasteiger partial charge is 0.471 e. The van der Waals surface area contributed by atoms with Crippen LogP contribution in [0.2, 0.25) is 0 Å². The van der Waals surface area contributed by atoms with Crippen LogP contribution >= 0.6 is 0 Å². The molecular formula is C23H21F3N6O2. The Morgan fingerprint density at radius 3 is 2.53 bits per heavy atom. The quantitative estimate of drug-likeness (QED) is 0.574. The lowest BCUT2D eigenvalue weighted by molar-refractivity contribution is -0.141. The van der Waals surface area contributed by atoms with Crippen LogP contribution in [0.15, 0.2) is 43.1 Å². The second-order valence-corrected chi connectivity index (χ2v) is 8.58. The second kappa shape index (κ2) is 8.62. The van der Waals surface area contributed by atoms with Gasteiger partial charge in [0.15, 0.2) is 11.5 Å². The Morgan fingerprint density at radius 2 is 1.85 bits per heavy atom. The van der Waals surface area contributed by atoms with Crippen LogP contribution in [0.4, 0.5) is 13.2 Å². The molecule has 0 unspecified atom stereocenters. The number of hydrogen-bond donors (Lipinski definition) is 0. The van der Waals surface area contributed by atoms with Crippen LogP contribution in [0.5, 0.6) is 5.88 Å². The normalized spacial score (nSPS) is 22.0. The summed E-state index contributed by atoms with van der Waals surface area (Å²) in [6.45, 7) is 2.43. The predicted octanol–water partition coefficient (Wildman–Crippen LogP) is 3.73. The number of carbonyl (C=O) groups excluding carboxylic acids is 1. The van der Waals surface area contributed by atoms with Gasteiger partial charge in [0.2, 0.25) is 5.88 Å². The van der Waals surface area contributed by atoms with Crippen molar-refractivity contribution in [1.29, 1.82) is 0 Å². The molecule has 176 valence electrons. The Kier molecular flexibility index (Phi) is 5.62. The number of alkyl halides is 3. The molecule has 0 spiro atoms. The van der Waals surface area contributed by atoms with Crippen LogP contribution in [-0.2, 0) is 6.18 Å². The average Bonchev–Trinajstić information content (AvgIpc) is 2.84. The molecule has 0 radical (unpaired) electrons. The lowest BCUT2D eigenvalue weighted by Crippen LogP contribution is -2.59. The third kappa shape index (κ3) is 4.29. The SMILES string of the molecule is Cc1cnc(-c2ncccn2)c(C(=O)N2C[C@H]3CC[C@H]2[C@H](Oc2cnc(C(F)(F)F)cn2)C3)c1. The van der Waals surface area contributed by atoms with Crippen LogP contribution < -0.4 is 4.74 Å². The molecule has 2 aliphatic heterocycles. The van der Waals surface area contributed by atoms with E-state index >= 15 is 0 Å². The van der Waals surface area contributed by atoms with E-state index in [2.05, 4.69) is 24.9 Å². The molecule has 1 amide bonds. The lowest BCUT2D eigenvalue weighted by Gasteiger charge is -2.49. The van der Waals surface area contributed by atoms with Crippen molar-refractivity contribution in [2.75, 3.05) is 6.54 Å². The number of fused-ring (bicyclic) bond motifs is 3. The molecule has 6 rings (SSSR count). The van der Waals surface area contributed by atoms with E-state index in [1.807, 2.05) is 6.92 Å². The zero-order valence-corrected chi connectivity index (χ0v) is 18.2. The van der Waals surface area contributed by atoms with Crippen LogP contribution in [0.3, 0.4) is 0 Å². The topological polar surface area (TPSA) is 94.0 Å². The molecule has 5 heterocycles. The molecule has 3 aromatic rings. The third-order valence-electron chi connectivity index (χ3n) is 6.20. The first-order valence-electron chi connectivity index (χ1n) is 10.9. The predicted molar refractivity (Wildman–Crippen MR) is 114 cm³/mol. The third-order valence-corrected chi connectivity index (χ3v) is 6.20. The number of piperidine rings is 2. The molecular weight excluding hydrogens is 449 g/mol. The zero-order chi connectivity index (χ0) is 23.9. The first-order chi connectivity index (χ1) is 16.3. The Bertz CT molecular complexity index is 1190. The number of hydrogen-bond acceptors (Lipinski definition) is 7. The molecule has 3 aliphatic rings. The Balaban J connectivity index is 1.40. The van der Waals surface area contributed by atoms with E-state index in [0.717, 1.165) is 24.6 Å². The van der Waals surface area contributed by atoms with Gasteiger partial charge in [-0.1, -0.05) is 0 Å². The minimum absolute atomic E-state index is 0.00791. The van der Waals surface area contributed by atoms with Crippen molar-refractivity contribution in [3.05, 3.63) is 59.9 Å². The van der Waals surface area contributed by atoms with Crippen LogP contribution in [0.25, 0.3) is 11.5 Å². The van der Waals surface area contributed by atoms with E-state index in [-0.39, 0.29) is 23.7 Å². The van der Waals surface area contributed by atoms with E-state index in [1.54, 1.807) is 35.6 Å². The molecule has 0 aromatic carbocycles. The molecule has 11 heteroatoms. The summed E-state index contributed by atoms with van der Waals surface area (Å²) >= 11 is 0. The molecule has 1 saturated carbocycles. The van der Waals surface area contributed by atoms with Gasteiger partial charge in [0.25, 0.3) is 5.91 Å². The van der Waals surface area contributed by atoms with E-state index in [0.29, 0.717) is 36.2 Å². The van der Waals surface area contributed by atoms with Gasteiger partial charge >= 0.3 is 6.18 Å². The number of aromatic nitrogens is 5. The lowest BCUT2D eigenvalue weighted by atomic mass is 9.77. The smallest absolute Gasteiger partial charge is 0.434 e. The minimum Gasteiger partial charge on any atom is -0.471 e. The Labute approximate surface area is 193 Å². The van der Waals surface area contributed by atoms with E-state index in [4.69, 9.17) is 4.74 Å². The molecule has 3 fully saturated rings. The molecule has 3 aromatic heterocycles. The number of carbonyl (C=O) groups is 1. The van der Waals surface area contributed by atoms with E-state index < -0.39 is 18.0 Å². The van der Waals surface area contributed by atoms with Crippen molar-refractivity contribution in [2.45, 2.75) is 44.5 Å². The number of pyridine rings is 1. The van der Waals surface area contributed by atoms with Gasteiger partial charge in [-0.15, -0.1) is 0 Å². The number of halogens is 3. The number of nitrogens with zero attached hydrogens (tertiary/aromatic N) is 6. The summed E-state index contributed by atoms with van der Waals surface area (Å²) in [6.07, 6.45) is 3.90. The molecule has 3 atom stereocenters. The maximum atomic E-state index is 13.7. The van der Waals surface area contributed by atoms with Crippen molar-refractivity contribution in [3.63, 3.8) is 0 Å².